The molecule has 6 aliphatic rings. The number of carbonyl (C=O) groups excluding carboxylic acids is 3. The van der Waals surface area contributed by atoms with Gasteiger partial charge >= 0.3 is 0 Å². The van der Waals surface area contributed by atoms with Crippen LogP contribution in [0, 0.1) is 0 Å². The monoisotopic (exact) mass is 1110 g/mol. The molecule has 0 aliphatic carbocycles. The minimum absolute atomic E-state index is 0.0155. The number of hydrogen-bond acceptors (Lipinski definition) is 9. The zero-order chi connectivity index (χ0) is 62.9. The van der Waals surface area contributed by atoms with Crippen LogP contribution < -0.4 is 0 Å². The van der Waals surface area contributed by atoms with Gasteiger partial charge in [0.2, 0.25) is 17.7 Å². The molecule has 12 nitrogen and oxygen atoms in total. The molecule has 12 heteroatoms. The minimum atomic E-state index is -0.0155. The molecular weight excluding hydrogens is 967 g/mol. The number of carbonyl (C=O) groups is 3. The molecule has 3 amide bonds. The molecule has 0 bridgehead atoms. The van der Waals surface area contributed by atoms with E-state index in [-0.39, 0.29) is 28.4 Å². The summed E-state index contributed by atoms with van der Waals surface area (Å²) in [5.41, 5.74) is 1.30. The van der Waals surface area contributed by atoms with Crippen molar-refractivity contribution in [2.24, 2.45) is 0 Å². The molecule has 6 rings (SSSR count). The van der Waals surface area contributed by atoms with Gasteiger partial charge in [-0.2, -0.15) is 0 Å². The van der Waals surface area contributed by atoms with Crippen LogP contribution in [0.5, 0.6) is 0 Å². The Hall–Kier alpha value is -1.83. The standard InChI is InChI=1S/2C9H18N2O.C9H20N2.C9H17NO.2C9H19N.6C2H6/c1-9(2,3)11-6-5-10(4)8(12)7-11;1-9(2,3)11-6-5-10(4)7-8(11)12;1-9(2,3)11-7-5-10(4)6-8-11;1-9(2,3)10-7-5-4-6-8(10)11;2*1-9(2,3)10-7-5-4-6-8-10;6*1-2/h2*5-7H2,1-4H3;5-8H2,1-4H3;4-7H2,1-3H3;2*4-8H2,1-3H3;6*1-2H3. The topological polar surface area (TPSA) is 80.4 Å². The number of hydrogen-bond donors (Lipinski definition) is 0. The Balaban J connectivity index is -0.000000192. The summed E-state index contributed by atoms with van der Waals surface area (Å²) in [4.78, 5) is 54.3. The normalized spacial score (nSPS) is 19.3. The fourth-order valence-electron chi connectivity index (χ4n) is 8.95. The molecule has 0 atom stereocenters. The smallest absolute Gasteiger partial charge is 0.237 e. The molecule has 0 N–H and O–H groups in total. The van der Waals surface area contributed by atoms with Crippen molar-refractivity contribution in [3.05, 3.63) is 0 Å². The number of likely N-dealkylation sites (tertiary alicyclic amines) is 3. The molecule has 0 spiro atoms. The first kappa shape index (κ1) is 87.4. The van der Waals surface area contributed by atoms with Gasteiger partial charge in [0.15, 0.2) is 0 Å². The van der Waals surface area contributed by atoms with E-state index in [1.807, 2.05) is 107 Å². The van der Waals surface area contributed by atoms with Gasteiger partial charge in [0.1, 0.15) is 0 Å². The summed E-state index contributed by atoms with van der Waals surface area (Å²) >= 11 is 0. The van der Waals surface area contributed by atoms with E-state index in [4.69, 9.17) is 0 Å². The highest BCUT2D eigenvalue weighted by Crippen LogP contribution is 2.23. The zero-order valence-electron chi connectivity index (χ0n) is 59.7. The van der Waals surface area contributed by atoms with Crippen molar-refractivity contribution < 1.29 is 14.4 Å². The molecule has 0 unspecified atom stereocenters. The first-order chi connectivity index (χ1) is 36.0. The van der Waals surface area contributed by atoms with Gasteiger partial charge in [0.05, 0.1) is 13.1 Å². The van der Waals surface area contributed by atoms with Gasteiger partial charge in [-0.05, 0) is 203 Å². The highest BCUT2D eigenvalue weighted by molar-refractivity contribution is 5.80. The van der Waals surface area contributed by atoms with Gasteiger partial charge in [-0.25, -0.2) is 0 Å². The van der Waals surface area contributed by atoms with Crippen LogP contribution in [0.25, 0.3) is 0 Å². The molecule has 6 aliphatic heterocycles. The molecule has 0 aromatic carbocycles. The maximum atomic E-state index is 11.5. The third-order valence-corrected chi connectivity index (χ3v) is 13.8. The van der Waals surface area contributed by atoms with Crippen LogP contribution in [0.1, 0.15) is 265 Å². The zero-order valence-corrected chi connectivity index (χ0v) is 59.7. The maximum absolute atomic E-state index is 11.5. The lowest BCUT2D eigenvalue weighted by atomic mass is 10.0. The van der Waals surface area contributed by atoms with E-state index >= 15 is 0 Å². The second-order valence-corrected chi connectivity index (χ2v) is 25.9. The molecular formula is C66H147N9O3. The molecule has 0 radical (unpaired) electrons. The van der Waals surface area contributed by atoms with Crippen molar-refractivity contribution >= 4 is 17.7 Å². The summed E-state index contributed by atoms with van der Waals surface area (Å²) in [6.07, 6.45) is 11.5. The Morgan fingerprint density at radius 2 is 0.551 bits per heavy atom. The summed E-state index contributed by atoms with van der Waals surface area (Å²) in [5.74, 6) is 0.802. The number of likely N-dealkylation sites (N-methyl/N-ethyl adjacent to an activating group) is 3. The lowest BCUT2D eigenvalue weighted by Crippen LogP contribution is -2.55. The number of piperidine rings is 3. The van der Waals surface area contributed by atoms with Crippen molar-refractivity contribution in [1.29, 1.82) is 0 Å². The predicted octanol–water partition coefficient (Wildman–Crippen LogP) is 14.6. The summed E-state index contributed by atoms with van der Waals surface area (Å²) in [6.45, 7) is 79.5. The lowest BCUT2D eigenvalue weighted by Gasteiger charge is -2.41. The fraction of sp³-hybridized carbons (Fsp3) is 0.955. The quantitative estimate of drug-likeness (QED) is 0.236. The highest BCUT2D eigenvalue weighted by Gasteiger charge is 2.32. The average molecular weight is 1110 g/mol. The Labute approximate surface area is 492 Å². The molecule has 0 saturated carbocycles. The number of nitrogens with zero attached hydrogens (tertiary/aromatic N) is 9. The highest BCUT2D eigenvalue weighted by atomic mass is 16.2. The van der Waals surface area contributed by atoms with E-state index in [1.165, 1.54) is 97.3 Å². The van der Waals surface area contributed by atoms with Crippen molar-refractivity contribution in [1.82, 2.24) is 44.1 Å². The average Bonchev–Trinajstić information content (AvgIpc) is 3.38. The number of piperazine rings is 3. The molecule has 474 valence electrons. The second-order valence-electron chi connectivity index (χ2n) is 25.9. The van der Waals surface area contributed by atoms with Gasteiger partial charge in [-0.1, -0.05) is 95.9 Å². The molecule has 0 aromatic rings. The van der Waals surface area contributed by atoms with Crippen LogP contribution >= 0.6 is 0 Å². The van der Waals surface area contributed by atoms with E-state index in [1.54, 1.807) is 4.90 Å². The van der Waals surface area contributed by atoms with Gasteiger partial charge < -0.3 is 19.6 Å². The Bertz CT molecular complexity index is 1350. The molecule has 6 heterocycles. The molecule has 0 aromatic heterocycles. The van der Waals surface area contributed by atoms with Crippen molar-refractivity contribution in [2.75, 3.05) is 119 Å². The molecule has 78 heavy (non-hydrogen) atoms. The van der Waals surface area contributed by atoms with Crippen molar-refractivity contribution in [3.63, 3.8) is 0 Å². The third kappa shape index (κ3) is 42.1. The van der Waals surface area contributed by atoms with E-state index in [0.29, 0.717) is 35.6 Å². The summed E-state index contributed by atoms with van der Waals surface area (Å²) in [7, 11) is 6.04. The maximum Gasteiger partial charge on any atom is 0.237 e. The van der Waals surface area contributed by atoms with Crippen LogP contribution in [0.3, 0.4) is 0 Å². The van der Waals surface area contributed by atoms with Crippen LogP contribution in [-0.4, -0.2) is 214 Å². The van der Waals surface area contributed by atoms with Crippen LogP contribution in [0.15, 0.2) is 0 Å². The Morgan fingerprint density at radius 1 is 0.256 bits per heavy atom. The van der Waals surface area contributed by atoms with Gasteiger partial charge in [-0.15, -0.1) is 0 Å². The van der Waals surface area contributed by atoms with E-state index in [2.05, 4.69) is 161 Å². The molecule has 6 fully saturated rings. The van der Waals surface area contributed by atoms with E-state index in [0.717, 1.165) is 45.6 Å². The fourth-order valence-corrected chi connectivity index (χ4v) is 8.95. The SMILES string of the molecule is CC.CC.CC.CC.CC.CC.CC(C)(C)N1CCCCC1.CC(C)(C)N1CCCCC1.CC(C)(C)N1CCCCC1=O.CN1CCN(C(C)(C)C)C(=O)C1.CN1CCN(C(C)(C)C)CC1.CN1CCN(C(C)(C)C)CC1=O. The van der Waals surface area contributed by atoms with Crippen molar-refractivity contribution in [3.8, 4) is 0 Å². The van der Waals surface area contributed by atoms with Gasteiger partial charge in [-0.3, -0.25) is 38.9 Å². The summed E-state index contributed by atoms with van der Waals surface area (Å²) in [5, 5.41) is 0. The lowest BCUT2D eigenvalue weighted by molar-refractivity contribution is -0.141. The minimum Gasteiger partial charge on any atom is -0.343 e. The van der Waals surface area contributed by atoms with Gasteiger partial charge in [0, 0.05) is 106 Å². The largest absolute Gasteiger partial charge is 0.343 e. The van der Waals surface area contributed by atoms with E-state index < -0.39 is 0 Å². The van der Waals surface area contributed by atoms with Gasteiger partial charge in [0.25, 0.3) is 0 Å². The predicted molar refractivity (Wildman–Crippen MR) is 351 cm³/mol. The summed E-state index contributed by atoms with van der Waals surface area (Å²) < 4.78 is 0. The Kier molecular flexibility index (Phi) is 52.3. The third-order valence-electron chi connectivity index (χ3n) is 13.8. The first-order valence-corrected chi connectivity index (χ1v) is 32.3. The second kappa shape index (κ2) is 46.6. The van der Waals surface area contributed by atoms with E-state index in [9.17, 15) is 14.4 Å². The Morgan fingerprint density at radius 3 is 0.821 bits per heavy atom. The summed E-state index contributed by atoms with van der Waals surface area (Å²) in [6, 6.07) is 0. The first-order valence-electron chi connectivity index (χ1n) is 32.3. The molecule has 6 saturated heterocycles. The number of rotatable bonds is 0. The van der Waals surface area contributed by atoms with Crippen LogP contribution in [0.2, 0.25) is 0 Å². The number of amides is 3. The van der Waals surface area contributed by atoms with Crippen LogP contribution in [0.4, 0.5) is 0 Å². The van der Waals surface area contributed by atoms with Crippen LogP contribution in [-0.2, 0) is 14.4 Å². The van der Waals surface area contributed by atoms with Crippen molar-refractivity contribution in [2.45, 2.75) is 299 Å².